The number of aromatic nitrogens is 1. The van der Waals surface area contributed by atoms with Gasteiger partial charge in [-0.2, -0.15) is 0 Å². The number of ether oxygens (including phenoxy) is 1. The Morgan fingerprint density at radius 1 is 1.06 bits per heavy atom. The number of rotatable bonds is 8. The molecule has 1 aromatic heterocycles. The molecule has 0 spiro atoms. The van der Waals surface area contributed by atoms with E-state index in [-0.39, 0.29) is 24.7 Å². The summed E-state index contributed by atoms with van der Waals surface area (Å²) in [7, 11) is 0. The van der Waals surface area contributed by atoms with Gasteiger partial charge in [-0.05, 0) is 18.1 Å². The number of carbonyl (C=O) groups excluding carboxylic acids is 1. The van der Waals surface area contributed by atoms with Crippen LogP contribution in [0.3, 0.4) is 0 Å². The minimum atomic E-state index is -0.602. The lowest BCUT2D eigenvalue weighted by Gasteiger charge is -2.30. The van der Waals surface area contributed by atoms with Crippen molar-refractivity contribution in [1.29, 1.82) is 0 Å². The van der Waals surface area contributed by atoms with E-state index in [1.54, 1.807) is 12.1 Å². The summed E-state index contributed by atoms with van der Waals surface area (Å²) in [5.74, 6) is -1.17. The fraction of sp³-hybridized carbons (Fsp3) is 0.200. The molecule has 0 bridgehead atoms. The van der Waals surface area contributed by atoms with Crippen molar-refractivity contribution in [2.45, 2.75) is 12.8 Å². The molecule has 2 heterocycles. The molecule has 3 aromatic rings. The number of pyridine rings is 1. The Hall–Kier alpha value is -4.07. The van der Waals surface area contributed by atoms with Crippen molar-refractivity contribution in [2.75, 3.05) is 25.2 Å². The van der Waals surface area contributed by atoms with Crippen LogP contribution in [-0.2, 0) is 6.42 Å². The number of amides is 1. The van der Waals surface area contributed by atoms with Crippen molar-refractivity contribution in [3.63, 3.8) is 0 Å². The molecule has 0 aliphatic carbocycles. The third-order valence-corrected chi connectivity index (χ3v) is 5.34. The maximum absolute atomic E-state index is 14.4. The van der Waals surface area contributed by atoms with Crippen LogP contribution in [0.5, 0.6) is 11.5 Å². The van der Waals surface area contributed by atoms with Gasteiger partial charge in [0.1, 0.15) is 13.3 Å². The molecule has 8 heteroatoms. The van der Waals surface area contributed by atoms with Gasteiger partial charge in [-0.25, -0.2) is 4.39 Å². The second-order valence-corrected chi connectivity index (χ2v) is 7.59. The second kappa shape index (κ2) is 10.0. The van der Waals surface area contributed by atoms with E-state index in [9.17, 15) is 19.1 Å². The van der Waals surface area contributed by atoms with Crippen molar-refractivity contribution in [3.8, 4) is 11.5 Å². The summed E-state index contributed by atoms with van der Waals surface area (Å²) < 4.78 is 21.4. The highest BCUT2D eigenvalue weighted by molar-refractivity contribution is 5.96. The van der Waals surface area contributed by atoms with E-state index in [1.165, 1.54) is 27.9 Å². The van der Waals surface area contributed by atoms with Gasteiger partial charge in [0.15, 0.2) is 23.0 Å². The molecule has 0 radical (unpaired) electrons. The van der Waals surface area contributed by atoms with Gasteiger partial charge < -0.3 is 20.2 Å². The van der Waals surface area contributed by atoms with Crippen molar-refractivity contribution >= 4 is 5.91 Å². The quantitative estimate of drug-likeness (QED) is 0.516. The van der Waals surface area contributed by atoms with E-state index in [2.05, 4.69) is 5.43 Å². The van der Waals surface area contributed by atoms with Crippen LogP contribution in [0.25, 0.3) is 0 Å². The summed E-state index contributed by atoms with van der Waals surface area (Å²) in [6.07, 6.45) is 6.13. The van der Waals surface area contributed by atoms with Crippen molar-refractivity contribution in [2.24, 2.45) is 0 Å². The topological polar surface area (TPSA) is 83.8 Å². The molecule has 170 valence electrons. The molecular formula is C25H24FN3O4. The predicted molar refractivity (Wildman–Crippen MR) is 123 cm³/mol. The zero-order valence-corrected chi connectivity index (χ0v) is 17.9. The standard InChI is InChI=1S/C25H24FN3O4/c26-20-11-7-10-19(16-18-8-3-1-4-9-18)24(20)33-15-6-2-5-13-28-17-27-29-14-12-21(30)23(31)22(29)25(28)32/h1-4,6-12,14,27,31H,5,13,15-17H2/b6-2+. The first-order valence-corrected chi connectivity index (χ1v) is 10.6. The highest BCUT2D eigenvalue weighted by Gasteiger charge is 2.27. The van der Waals surface area contributed by atoms with Crippen LogP contribution >= 0.6 is 0 Å². The zero-order valence-electron chi connectivity index (χ0n) is 17.9. The number of para-hydroxylation sites is 1. The van der Waals surface area contributed by atoms with Crippen LogP contribution in [0.2, 0.25) is 0 Å². The van der Waals surface area contributed by atoms with E-state index in [0.717, 1.165) is 11.1 Å². The highest BCUT2D eigenvalue weighted by Crippen LogP contribution is 2.25. The molecule has 4 rings (SSSR count). The van der Waals surface area contributed by atoms with E-state index in [1.807, 2.05) is 42.5 Å². The minimum absolute atomic E-state index is 0.0773. The third kappa shape index (κ3) is 5.06. The number of hydrogen-bond acceptors (Lipinski definition) is 5. The lowest BCUT2D eigenvalue weighted by atomic mass is 10.0. The maximum atomic E-state index is 14.4. The van der Waals surface area contributed by atoms with Gasteiger partial charge in [0, 0.05) is 30.8 Å². The number of benzene rings is 2. The van der Waals surface area contributed by atoms with Gasteiger partial charge in [-0.3, -0.25) is 14.3 Å². The van der Waals surface area contributed by atoms with Crippen molar-refractivity contribution < 1.29 is 19.0 Å². The first-order chi connectivity index (χ1) is 16.0. The largest absolute Gasteiger partial charge is 0.502 e. The van der Waals surface area contributed by atoms with Gasteiger partial charge >= 0.3 is 0 Å². The first kappa shape index (κ1) is 22.1. The lowest BCUT2D eigenvalue weighted by Crippen LogP contribution is -2.46. The SMILES string of the molecule is O=C1c2c(O)c(=O)ccn2NCN1CC/C=C/COc1c(F)cccc1Cc1ccccc1. The maximum Gasteiger partial charge on any atom is 0.277 e. The average molecular weight is 449 g/mol. The monoisotopic (exact) mass is 449 g/mol. The number of nitrogens with one attached hydrogen (secondary N) is 1. The summed E-state index contributed by atoms with van der Waals surface area (Å²) in [5, 5.41) is 9.94. The Kier molecular flexibility index (Phi) is 6.73. The van der Waals surface area contributed by atoms with Crippen molar-refractivity contribution in [1.82, 2.24) is 9.58 Å². The number of fused-ring (bicyclic) bond motifs is 1. The van der Waals surface area contributed by atoms with Crippen LogP contribution in [0, 0.1) is 5.82 Å². The van der Waals surface area contributed by atoms with E-state index >= 15 is 0 Å². The number of halogens is 1. The number of hydrogen-bond donors (Lipinski definition) is 2. The molecule has 0 atom stereocenters. The Balaban J connectivity index is 1.31. The molecule has 2 aromatic carbocycles. The molecule has 0 fully saturated rings. The number of nitrogens with zero attached hydrogens (tertiary/aromatic N) is 2. The molecule has 7 nitrogen and oxygen atoms in total. The number of aromatic hydroxyl groups is 1. The van der Waals surface area contributed by atoms with Crippen molar-refractivity contribution in [3.05, 3.63) is 106 Å². The Labute approximate surface area is 190 Å². The summed E-state index contributed by atoms with van der Waals surface area (Å²) in [4.78, 5) is 25.7. The number of carbonyl (C=O) groups is 1. The molecule has 0 unspecified atom stereocenters. The summed E-state index contributed by atoms with van der Waals surface area (Å²) >= 11 is 0. The lowest BCUT2D eigenvalue weighted by molar-refractivity contribution is 0.0725. The Morgan fingerprint density at radius 2 is 1.88 bits per heavy atom. The molecule has 1 amide bonds. The van der Waals surface area contributed by atoms with Crippen LogP contribution in [0.1, 0.15) is 28.0 Å². The third-order valence-electron chi connectivity index (χ3n) is 5.34. The average Bonchev–Trinajstić information content (AvgIpc) is 2.82. The molecule has 1 aliphatic heterocycles. The molecule has 0 saturated heterocycles. The van der Waals surface area contributed by atoms with Gasteiger partial charge in [0.05, 0.1) is 0 Å². The first-order valence-electron chi connectivity index (χ1n) is 10.6. The van der Waals surface area contributed by atoms with E-state index in [0.29, 0.717) is 19.4 Å². The van der Waals surface area contributed by atoms with Gasteiger partial charge in [-0.15, -0.1) is 0 Å². The van der Waals surface area contributed by atoms with Crippen LogP contribution in [-0.4, -0.2) is 40.4 Å². The predicted octanol–water partition coefficient (Wildman–Crippen LogP) is 3.27. The zero-order chi connectivity index (χ0) is 23.2. The summed E-state index contributed by atoms with van der Waals surface area (Å²) in [6.45, 7) is 0.814. The van der Waals surface area contributed by atoms with Gasteiger partial charge in [-0.1, -0.05) is 54.6 Å². The highest BCUT2D eigenvalue weighted by atomic mass is 19.1. The fourth-order valence-corrected chi connectivity index (χ4v) is 3.64. The summed E-state index contributed by atoms with van der Waals surface area (Å²) in [5.41, 5.74) is 4.11. The van der Waals surface area contributed by atoms with E-state index in [4.69, 9.17) is 4.74 Å². The fourth-order valence-electron chi connectivity index (χ4n) is 3.64. The van der Waals surface area contributed by atoms with Crippen LogP contribution in [0.15, 0.2) is 77.7 Å². The smallest absolute Gasteiger partial charge is 0.277 e. The van der Waals surface area contributed by atoms with Crippen LogP contribution in [0.4, 0.5) is 4.39 Å². The molecule has 0 saturated carbocycles. The summed E-state index contributed by atoms with van der Waals surface area (Å²) in [6, 6.07) is 15.9. The minimum Gasteiger partial charge on any atom is -0.502 e. The molecule has 2 N–H and O–H groups in total. The van der Waals surface area contributed by atoms with Gasteiger partial charge in [0.25, 0.3) is 5.91 Å². The molecular weight excluding hydrogens is 425 g/mol. The Bertz CT molecular complexity index is 1220. The molecule has 33 heavy (non-hydrogen) atoms. The Morgan fingerprint density at radius 3 is 2.70 bits per heavy atom. The van der Waals surface area contributed by atoms with E-state index < -0.39 is 22.9 Å². The van der Waals surface area contributed by atoms with Gasteiger partial charge in [0.2, 0.25) is 5.43 Å². The normalized spacial score (nSPS) is 13.1. The second-order valence-electron chi connectivity index (χ2n) is 7.59. The van der Waals surface area contributed by atoms with Crippen LogP contribution < -0.4 is 15.6 Å². The molecule has 1 aliphatic rings.